The van der Waals surface area contributed by atoms with Crippen LogP contribution in [0.5, 0.6) is 0 Å². The number of para-hydroxylation sites is 1. The molecular weight excluding hydrogens is 450 g/mol. The first-order valence-corrected chi connectivity index (χ1v) is 9.73. The Labute approximate surface area is 150 Å². The number of nitrogens with one attached hydrogen (secondary N) is 3. The second-order valence-electron chi connectivity index (χ2n) is 4.90. The molecule has 23 heavy (non-hydrogen) atoms. The minimum atomic E-state index is -3.34. The maximum Gasteiger partial charge on any atom is 0.323 e. The van der Waals surface area contributed by atoms with E-state index in [-0.39, 0.29) is 5.75 Å². The van der Waals surface area contributed by atoms with Crippen LogP contribution in [0.15, 0.2) is 45.3 Å². The lowest BCUT2D eigenvalue weighted by Crippen LogP contribution is -2.19. The molecule has 0 unspecified atom stereocenters. The van der Waals surface area contributed by atoms with Gasteiger partial charge in [0.1, 0.15) is 0 Å². The molecule has 0 radical (unpaired) electrons. The number of hydrogen-bond donors (Lipinski definition) is 3. The molecule has 9 heteroatoms. The van der Waals surface area contributed by atoms with E-state index in [2.05, 4.69) is 47.2 Å². The molecule has 3 N–H and O–H groups in total. The van der Waals surface area contributed by atoms with Crippen LogP contribution in [0.4, 0.5) is 21.9 Å². The second kappa shape index (κ2) is 6.14. The minimum Gasteiger partial charge on any atom is -0.308 e. The summed E-state index contributed by atoms with van der Waals surface area (Å²) >= 11 is 6.68. The Morgan fingerprint density at radius 3 is 2.57 bits per heavy atom. The average molecular weight is 461 g/mol. The molecule has 1 aliphatic heterocycles. The highest BCUT2D eigenvalue weighted by molar-refractivity contribution is 9.11. The zero-order chi connectivity index (χ0) is 16.6. The van der Waals surface area contributed by atoms with E-state index in [0.29, 0.717) is 27.1 Å². The number of fused-ring (bicyclic) bond motifs is 1. The van der Waals surface area contributed by atoms with Crippen LogP contribution in [0.1, 0.15) is 5.56 Å². The summed E-state index contributed by atoms with van der Waals surface area (Å²) in [5.74, 6) is -0.0770. The smallest absolute Gasteiger partial charge is 0.308 e. The fourth-order valence-corrected chi connectivity index (χ4v) is 4.64. The standard InChI is InChI=1S/C14H11Br2N3O3S/c15-10-3-1-2-4-12(10)18-14(20)17-8-5-11(16)9-7-23(21,22)19-13(9)6-8/h1-6,19H,7H2,(H2,17,18,20). The van der Waals surface area contributed by atoms with Gasteiger partial charge in [0.05, 0.1) is 17.1 Å². The van der Waals surface area contributed by atoms with Crippen LogP contribution in [0.25, 0.3) is 0 Å². The third-order valence-electron chi connectivity index (χ3n) is 3.18. The molecule has 0 saturated heterocycles. The van der Waals surface area contributed by atoms with Gasteiger partial charge in [-0.05, 0) is 40.2 Å². The highest BCUT2D eigenvalue weighted by Crippen LogP contribution is 2.36. The third-order valence-corrected chi connectivity index (χ3v) is 5.77. The van der Waals surface area contributed by atoms with E-state index in [0.717, 1.165) is 4.47 Å². The summed E-state index contributed by atoms with van der Waals surface area (Å²) in [6.45, 7) is 0. The van der Waals surface area contributed by atoms with Crippen LogP contribution in [0.2, 0.25) is 0 Å². The number of anilines is 3. The number of amides is 2. The highest BCUT2D eigenvalue weighted by Gasteiger charge is 2.26. The van der Waals surface area contributed by atoms with Gasteiger partial charge >= 0.3 is 6.03 Å². The Bertz CT molecular complexity index is 900. The molecule has 0 saturated carbocycles. The number of rotatable bonds is 2. The number of halogens is 2. The van der Waals surface area contributed by atoms with E-state index in [1.807, 2.05) is 12.1 Å². The molecule has 0 aromatic heterocycles. The van der Waals surface area contributed by atoms with Gasteiger partial charge in [0, 0.05) is 20.2 Å². The van der Waals surface area contributed by atoms with Crippen molar-refractivity contribution in [3.8, 4) is 0 Å². The summed E-state index contributed by atoms with van der Waals surface area (Å²) in [6, 6.07) is 10.1. The topological polar surface area (TPSA) is 87.3 Å². The predicted octanol–water partition coefficient (Wildman–Crippen LogP) is 4.11. The van der Waals surface area contributed by atoms with Gasteiger partial charge in [-0.2, -0.15) is 0 Å². The van der Waals surface area contributed by atoms with Crippen molar-refractivity contribution in [1.29, 1.82) is 0 Å². The molecule has 0 bridgehead atoms. The van der Waals surface area contributed by atoms with Gasteiger partial charge in [-0.1, -0.05) is 28.1 Å². The second-order valence-corrected chi connectivity index (χ2v) is 8.34. The summed E-state index contributed by atoms with van der Waals surface area (Å²) < 4.78 is 27.1. The molecule has 0 atom stereocenters. The molecule has 0 spiro atoms. The molecule has 2 amide bonds. The monoisotopic (exact) mass is 459 g/mol. The first-order valence-electron chi connectivity index (χ1n) is 6.49. The Balaban J connectivity index is 1.78. The molecule has 0 aliphatic carbocycles. The quantitative estimate of drug-likeness (QED) is 0.630. The third kappa shape index (κ3) is 3.67. The Morgan fingerprint density at radius 2 is 1.83 bits per heavy atom. The lowest BCUT2D eigenvalue weighted by Gasteiger charge is -2.11. The van der Waals surface area contributed by atoms with Gasteiger partial charge in [0.2, 0.25) is 10.0 Å². The molecule has 1 heterocycles. The lowest BCUT2D eigenvalue weighted by atomic mass is 10.2. The number of hydrogen-bond acceptors (Lipinski definition) is 3. The maximum absolute atomic E-state index is 12.1. The number of carbonyl (C=O) groups is 1. The van der Waals surface area contributed by atoms with Gasteiger partial charge in [-0.3, -0.25) is 4.72 Å². The molecule has 6 nitrogen and oxygen atoms in total. The molecular formula is C14H11Br2N3O3S. The van der Waals surface area contributed by atoms with Crippen molar-refractivity contribution in [2.75, 3.05) is 15.4 Å². The summed E-state index contributed by atoms with van der Waals surface area (Å²) in [5, 5.41) is 5.39. The van der Waals surface area contributed by atoms with Crippen LogP contribution >= 0.6 is 31.9 Å². The van der Waals surface area contributed by atoms with Crippen LogP contribution < -0.4 is 15.4 Å². The van der Waals surface area contributed by atoms with Gasteiger partial charge in [0.15, 0.2) is 0 Å². The van der Waals surface area contributed by atoms with Crippen molar-refractivity contribution in [1.82, 2.24) is 0 Å². The molecule has 3 rings (SSSR count). The average Bonchev–Trinajstić information content (AvgIpc) is 2.76. The van der Waals surface area contributed by atoms with Crippen molar-refractivity contribution in [3.05, 3.63) is 50.9 Å². The first-order chi connectivity index (χ1) is 10.8. The van der Waals surface area contributed by atoms with E-state index in [1.54, 1.807) is 24.3 Å². The van der Waals surface area contributed by atoms with Gasteiger partial charge in [-0.25, -0.2) is 13.2 Å². The Morgan fingerprint density at radius 1 is 1.09 bits per heavy atom. The van der Waals surface area contributed by atoms with E-state index in [4.69, 9.17) is 0 Å². The van der Waals surface area contributed by atoms with Crippen molar-refractivity contribution in [2.24, 2.45) is 0 Å². The van der Waals surface area contributed by atoms with Crippen molar-refractivity contribution < 1.29 is 13.2 Å². The number of benzene rings is 2. The van der Waals surface area contributed by atoms with Crippen molar-refractivity contribution >= 4 is 65.0 Å². The minimum absolute atomic E-state index is 0.0770. The lowest BCUT2D eigenvalue weighted by molar-refractivity contribution is 0.262. The normalized spacial score (nSPS) is 14.7. The first kappa shape index (κ1) is 16.3. The highest BCUT2D eigenvalue weighted by atomic mass is 79.9. The van der Waals surface area contributed by atoms with E-state index in [9.17, 15) is 13.2 Å². The molecule has 120 valence electrons. The van der Waals surface area contributed by atoms with E-state index >= 15 is 0 Å². The summed E-state index contributed by atoms with van der Waals surface area (Å²) in [5.41, 5.74) is 2.23. The zero-order valence-electron chi connectivity index (χ0n) is 11.6. The van der Waals surface area contributed by atoms with Gasteiger partial charge < -0.3 is 10.6 Å². The molecule has 2 aromatic rings. The Hall–Kier alpha value is -1.58. The Kier molecular flexibility index (Phi) is 4.35. The summed E-state index contributed by atoms with van der Waals surface area (Å²) in [4.78, 5) is 12.1. The molecule has 1 aliphatic rings. The number of urea groups is 1. The summed E-state index contributed by atoms with van der Waals surface area (Å²) in [6.07, 6.45) is 0. The van der Waals surface area contributed by atoms with Crippen LogP contribution in [0.3, 0.4) is 0 Å². The number of carbonyl (C=O) groups excluding carboxylic acids is 1. The maximum atomic E-state index is 12.1. The zero-order valence-corrected chi connectivity index (χ0v) is 15.5. The predicted molar refractivity (Wildman–Crippen MR) is 97.2 cm³/mol. The van der Waals surface area contributed by atoms with E-state index in [1.165, 1.54) is 0 Å². The van der Waals surface area contributed by atoms with Gasteiger partial charge in [-0.15, -0.1) is 0 Å². The van der Waals surface area contributed by atoms with Crippen LogP contribution in [-0.2, 0) is 15.8 Å². The largest absolute Gasteiger partial charge is 0.323 e. The van der Waals surface area contributed by atoms with Gasteiger partial charge in [0.25, 0.3) is 0 Å². The van der Waals surface area contributed by atoms with Crippen molar-refractivity contribution in [2.45, 2.75) is 5.75 Å². The SMILES string of the molecule is O=C(Nc1cc(Br)c2c(c1)NS(=O)(=O)C2)Nc1ccccc1Br. The molecule has 0 fully saturated rings. The fraction of sp³-hybridized carbons (Fsp3) is 0.0714. The van der Waals surface area contributed by atoms with Crippen molar-refractivity contribution in [3.63, 3.8) is 0 Å². The van der Waals surface area contributed by atoms with Crippen LogP contribution in [-0.4, -0.2) is 14.4 Å². The summed E-state index contributed by atoms with van der Waals surface area (Å²) in [7, 11) is -3.34. The molecule has 2 aromatic carbocycles. The number of sulfonamides is 1. The van der Waals surface area contributed by atoms with E-state index < -0.39 is 16.1 Å². The fourth-order valence-electron chi connectivity index (χ4n) is 2.19. The van der Waals surface area contributed by atoms with Crippen LogP contribution in [0, 0.1) is 0 Å².